The number of halogens is 1. The second-order valence-electron chi connectivity index (χ2n) is 7.30. The Morgan fingerprint density at radius 3 is 2.59 bits per heavy atom. The lowest BCUT2D eigenvalue weighted by Crippen LogP contribution is -2.24. The largest absolute Gasteiger partial charge is 0.457 e. The first kappa shape index (κ1) is 17.9. The molecule has 2 heterocycles. The third-order valence-corrected chi connectivity index (χ3v) is 5.81. The lowest BCUT2D eigenvalue weighted by atomic mass is 9.96. The Labute approximate surface area is 170 Å². The molecular formula is C21H17ClN4O3. The van der Waals surface area contributed by atoms with E-state index in [0.29, 0.717) is 27.5 Å². The van der Waals surface area contributed by atoms with Gasteiger partial charge in [-0.2, -0.15) is 0 Å². The van der Waals surface area contributed by atoms with Gasteiger partial charge in [0.25, 0.3) is 5.56 Å². The number of aryl methyl sites for hydroxylation is 1. The molecule has 0 atom stereocenters. The highest BCUT2D eigenvalue weighted by Gasteiger charge is 2.52. The molecule has 1 saturated carbocycles. The van der Waals surface area contributed by atoms with Crippen molar-refractivity contribution >= 4 is 34.3 Å². The van der Waals surface area contributed by atoms with E-state index in [1.54, 1.807) is 29.6 Å². The summed E-state index contributed by atoms with van der Waals surface area (Å²) in [6, 6.07) is 14.5. The van der Waals surface area contributed by atoms with E-state index in [-0.39, 0.29) is 18.1 Å². The lowest BCUT2D eigenvalue weighted by molar-refractivity contribution is -0.148. The molecule has 29 heavy (non-hydrogen) atoms. The molecule has 0 spiro atoms. The molecule has 146 valence electrons. The summed E-state index contributed by atoms with van der Waals surface area (Å²) >= 11 is 5.96. The first-order valence-corrected chi connectivity index (χ1v) is 9.64. The van der Waals surface area contributed by atoms with Crippen LogP contribution in [0.2, 0.25) is 5.02 Å². The van der Waals surface area contributed by atoms with Crippen LogP contribution in [0.1, 0.15) is 24.2 Å². The zero-order valence-corrected chi connectivity index (χ0v) is 16.4. The van der Waals surface area contributed by atoms with Crippen molar-refractivity contribution in [3.8, 4) is 0 Å². The second-order valence-corrected chi connectivity index (χ2v) is 7.73. The van der Waals surface area contributed by atoms with Crippen molar-refractivity contribution in [1.82, 2.24) is 19.2 Å². The Hall–Kier alpha value is -3.19. The Bertz CT molecular complexity index is 1320. The van der Waals surface area contributed by atoms with E-state index in [1.165, 1.54) is 4.57 Å². The third-order valence-electron chi connectivity index (χ3n) is 5.56. The number of hydrogen-bond donors (Lipinski definition) is 0. The molecule has 1 fully saturated rings. The summed E-state index contributed by atoms with van der Waals surface area (Å²) in [6.45, 7) is -0.0302. The molecule has 5 rings (SSSR count). The molecule has 1 aliphatic rings. The average Bonchev–Trinajstić information content (AvgIpc) is 3.44. The molecular weight excluding hydrogens is 392 g/mol. The minimum Gasteiger partial charge on any atom is -0.457 e. The average molecular weight is 409 g/mol. The molecule has 7 nitrogen and oxygen atoms in total. The Morgan fingerprint density at radius 1 is 1.14 bits per heavy atom. The van der Waals surface area contributed by atoms with Gasteiger partial charge in [-0.3, -0.25) is 18.6 Å². The van der Waals surface area contributed by atoms with Crippen LogP contribution in [0.15, 0.2) is 53.3 Å². The van der Waals surface area contributed by atoms with E-state index in [0.717, 1.165) is 18.4 Å². The number of esters is 1. The predicted octanol–water partition coefficient (Wildman–Crippen LogP) is 3.01. The lowest BCUT2D eigenvalue weighted by Gasteiger charge is -2.15. The molecule has 0 bridgehead atoms. The number of para-hydroxylation sites is 1. The third kappa shape index (κ3) is 2.73. The number of aromatic nitrogens is 4. The Kier molecular flexibility index (Phi) is 3.96. The summed E-state index contributed by atoms with van der Waals surface area (Å²) in [4.78, 5) is 25.4. The van der Waals surface area contributed by atoms with E-state index in [1.807, 2.05) is 30.3 Å². The molecule has 0 unspecified atom stereocenters. The van der Waals surface area contributed by atoms with Crippen molar-refractivity contribution in [2.45, 2.75) is 24.9 Å². The molecule has 2 aromatic heterocycles. The highest BCUT2D eigenvalue weighted by Crippen LogP contribution is 2.49. The Morgan fingerprint density at radius 2 is 1.86 bits per heavy atom. The summed E-state index contributed by atoms with van der Waals surface area (Å²) in [5.74, 6) is 0.580. The SMILES string of the molecule is Cn1c(=O)c2ccccc2n2c(COC(=O)C3(c4ccc(Cl)cc4)CC3)nnc12. The number of ether oxygens (including phenoxy) is 1. The number of carbonyl (C=O) groups excluding carboxylic acids is 1. The number of carbonyl (C=O) groups is 1. The van der Waals surface area contributed by atoms with Crippen LogP contribution >= 0.6 is 11.6 Å². The number of benzene rings is 2. The van der Waals surface area contributed by atoms with Gasteiger partial charge in [0, 0.05) is 12.1 Å². The van der Waals surface area contributed by atoms with Crippen LogP contribution in [0.3, 0.4) is 0 Å². The van der Waals surface area contributed by atoms with Crippen molar-refractivity contribution in [2.24, 2.45) is 7.05 Å². The highest BCUT2D eigenvalue weighted by atomic mass is 35.5. The van der Waals surface area contributed by atoms with Crippen molar-refractivity contribution in [1.29, 1.82) is 0 Å². The van der Waals surface area contributed by atoms with Crippen LogP contribution in [0.4, 0.5) is 0 Å². The van der Waals surface area contributed by atoms with Gasteiger partial charge in [-0.25, -0.2) is 0 Å². The number of hydrogen-bond acceptors (Lipinski definition) is 5. The van der Waals surface area contributed by atoms with Gasteiger partial charge in [-0.05, 0) is 42.7 Å². The van der Waals surface area contributed by atoms with E-state index in [4.69, 9.17) is 16.3 Å². The van der Waals surface area contributed by atoms with E-state index < -0.39 is 5.41 Å². The van der Waals surface area contributed by atoms with Crippen LogP contribution in [-0.2, 0) is 28.6 Å². The quantitative estimate of drug-likeness (QED) is 0.485. The monoisotopic (exact) mass is 408 g/mol. The maximum absolute atomic E-state index is 12.9. The zero-order chi connectivity index (χ0) is 20.2. The molecule has 4 aromatic rings. The van der Waals surface area contributed by atoms with Gasteiger partial charge in [0.05, 0.1) is 16.3 Å². The minimum atomic E-state index is -0.611. The second kappa shape index (κ2) is 6.42. The topological polar surface area (TPSA) is 78.5 Å². The van der Waals surface area contributed by atoms with E-state index >= 15 is 0 Å². The van der Waals surface area contributed by atoms with Gasteiger partial charge >= 0.3 is 5.97 Å². The van der Waals surface area contributed by atoms with Crippen molar-refractivity contribution in [3.05, 3.63) is 75.3 Å². The van der Waals surface area contributed by atoms with Gasteiger partial charge in [0.15, 0.2) is 12.4 Å². The van der Waals surface area contributed by atoms with Gasteiger partial charge in [-0.15, -0.1) is 10.2 Å². The first-order valence-electron chi connectivity index (χ1n) is 9.26. The van der Waals surface area contributed by atoms with Crippen molar-refractivity contribution in [2.75, 3.05) is 0 Å². The van der Waals surface area contributed by atoms with E-state index in [9.17, 15) is 9.59 Å². The molecule has 2 aromatic carbocycles. The summed E-state index contributed by atoms with van der Waals surface area (Å²) in [5.41, 5.74) is 0.829. The number of fused-ring (bicyclic) bond motifs is 3. The minimum absolute atomic E-state index is 0.0302. The zero-order valence-electron chi connectivity index (χ0n) is 15.6. The van der Waals surface area contributed by atoms with Crippen LogP contribution in [0.25, 0.3) is 16.7 Å². The number of nitrogens with zero attached hydrogens (tertiary/aromatic N) is 4. The summed E-state index contributed by atoms with van der Waals surface area (Å²) in [5, 5.41) is 9.47. The Balaban J connectivity index is 1.48. The first-order chi connectivity index (χ1) is 14.0. The fraction of sp³-hybridized carbons (Fsp3) is 0.238. The van der Waals surface area contributed by atoms with Crippen LogP contribution in [0, 0.1) is 0 Å². The van der Waals surface area contributed by atoms with Crippen molar-refractivity contribution in [3.63, 3.8) is 0 Å². The summed E-state index contributed by atoms with van der Waals surface area (Å²) in [7, 11) is 1.65. The van der Waals surface area contributed by atoms with Gasteiger partial charge in [0.1, 0.15) is 0 Å². The summed E-state index contributed by atoms with van der Waals surface area (Å²) < 4.78 is 8.84. The fourth-order valence-electron chi connectivity index (χ4n) is 3.76. The van der Waals surface area contributed by atoms with Crippen molar-refractivity contribution < 1.29 is 9.53 Å². The normalized spacial score (nSPS) is 15.0. The predicted molar refractivity (Wildman–Crippen MR) is 108 cm³/mol. The number of rotatable bonds is 4. The molecule has 1 aliphatic carbocycles. The molecule has 0 amide bonds. The van der Waals surface area contributed by atoms with Gasteiger partial charge in [-0.1, -0.05) is 35.9 Å². The highest BCUT2D eigenvalue weighted by molar-refractivity contribution is 6.30. The van der Waals surface area contributed by atoms with Gasteiger partial charge < -0.3 is 4.74 Å². The maximum atomic E-state index is 12.9. The molecule has 0 aliphatic heterocycles. The smallest absolute Gasteiger partial charge is 0.317 e. The molecule has 0 radical (unpaired) electrons. The van der Waals surface area contributed by atoms with Crippen LogP contribution < -0.4 is 5.56 Å². The molecule has 0 saturated heterocycles. The molecule has 0 N–H and O–H groups in total. The van der Waals surface area contributed by atoms with Crippen LogP contribution in [0.5, 0.6) is 0 Å². The van der Waals surface area contributed by atoms with Gasteiger partial charge in [0.2, 0.25) is 5.78 Å². The fourth-order valence-corrected chi connectivity index (χ4v) is 3.88. The standard InChI is InChI=1S/C21H17ClN4O3/c1-25-18(27)15-4-2-3-5-16(15)26-17(23-24-20(25)26)12-29-19(28)21(10-11-21)13-6-8-14(22)9-7-13/h2-9H,10-12H2,1H3. The summed E-state index contributed by atoms with van der Waals surface area (Å²) in [6.07, 6.45) is 1.48. The molecule has 8 heteroatoms. The van der Waals surface area contributed by atoms with E-state index in [2.05, 4.69) is 10.2 Å². The maximum Gasteiger partial charge on any atom is 0.317 e. The van der Waals surface area contributed by atoms with Crippen LogP contribution in [-0.4, -0.2) is 25.1 Å².